The van der Waals surface area contributed by atoms with Gasteiger partial charge in [0.2, 0.25) is 0 Å². The number of unbranched alkanes of at least 4 members (excludes halogenated alkanes) is 1. The molecule has 1 atom stereocenters. The maximum Gasteiger partial charge on any atom is 0.123 e. The first-order valence-electron chi connectivity index (χ1n) is 7.32. The average molecular weight is 328 g/mol. The van der Waals surface area contributed by atoms with Crippen molar-refractivity contribution in [3.63, 3.8) is 0 Å². The highest BCUT2D eigenvalue weighted by Gasteiger charge is 2.07. The predicted octanol–water partition coefficient (Wildman–Crippen LogP) is 4.91. The number of ether oxygens (including phenoxy) is 1. The minimum Gasteiger partial charge on any atom is -0.493 e. The predicted molar refractivity (Wildman–Crippen MR) is 85.8 cm³/mol. The number of rotatable bonds is 9. The Bertz CT molecular complexity index is 368. The van der Waals surface area contributed by atoms with Gasteiger partial charge in [-0.2, -0.15) is 0 Å². The zero-order valence-electron chi connectivity index (χ0n) is 12.3. The third kappa shape index (κ3) is 6.44. The van der Waals surface area contributed by atoms with Gasteiger partial charge in [0.15, 0.2) is 0 Å². The lowest BCUT2D eigenvalue weighted by molar-refractivity contribution is 0.312. The second kappa shape index (κ2) is 9.38. The van der Waals surface area contributed by atoms with E-state index in [1.54, 1.807) is 0 Å². The van der Waals surface area contributed by atoms with E-state index < -0.39 is 0 Å². The van der Waals surface area contributed by atoms with Crippen molar-refractivity contribution in [2.45, 2.75) is 59.0 Å². The number of halogens is 1. The second-order valence-corrected chi connectivity index (χ2v) is 5.94. The summed E-state index contributed by atoms with van der Waals surface area (Å²) in [5.41, 5.74) is 1.23. The van der Waals surface area contributed by atoms with Gasteiger partial charge in [-0.05, 0) is 38.0 Å². The molecule has 0 heterocycles. The lowest BCUT2D eigenvalue weighted by Gasteiger charge is -2.16. The smallest absolute Gasteiger partial charge is 0.123 e. The summed E-state index contributed by atoms with van der Waals surface area (Å²) in [5, 5.41) is 3.58. The highest BCUT2D eigenvalue weighted by molar-refractivity contribution is 9.10. The van der Waals surface area contributed by atoms with Crippen LogP contribution in [0.15, 0.2) is 22.7 Å². The van der Waals surface area contributed by atoms with Crippen LogP contribution in [0.25, 0.3) is 0 Å². The summed E-state index contributed by atoms with van der Waals surface area (Å²) in [5.74, 6) is 1.00. The van der Waals surface area contributed by atoms with Crippen LogP contribution in [0.4, 0.5) is 0 Å². The third-order valence-electron chi connectivity index (χ3n) is 3.12. The number of hydrogen-bond acceptors (Lipinski definition) is 2. The Labute approximate surface area is 126 Å². The highest BCUT2D eigenvalue weighted by Crippen LogP contribution is 2.23. The number of benzene rings is 1. The van der Waals surface area contributed by atoms with E-state index in [4.69, 9.17) is 4.74 Å². The average Bonchev–Trinajstić information content (AvgIpc) is 2.41. The number of nitrogens with one attached hydrogen (secondary N) is 1. The molecule has 0 aliphatic heterocycles. The fourth-order valence-corrected chi connectivity index (χ4v) is 2.34. The van der Waals surface area contributed by atoms with Gasteiger partial charge in [-0.15, -0.1) is 0 Å². The van der Waals surface area contributed by atoms with Crippen molar-refractivity contribution < 1.29 is 4.74 Å². The van der Waals surface area contributed by atoms with Crippen molar-refractivity contribution in [1.29, 1.82) is 0 Å². The minimum absolute atomic E-state index is 0.554. The molecule has 0 radical (unpaired) electrons. The second-order valence-electron chi connectivity index (χ2n) is 5.02. The van der Waals surface area contributed by atoms with Gasteiger partial charge < -0.3 is 10.1 Å². The first-order valence-corrected chi connectivity index (χ1v) is 8.11. The molecule has 1 rings (SSSR count). The summed E-state index contributed by atoms with van der Waals surface area (Å²) >= 11 is 3.53. The van der Waals surface area contributed by atoms with Crippen molar-refractivity contribution in [2.75, 3.05) is 6.61 Å². The van der Waals surface area contributed by atoms with Gasteiger partial charge in [0.1, 0.15) is 5.75 Å². The van der Waals surface area contributed by atoms with E-state index in [1.165, 1.54) is 24.8 Å². The molecule has 1 unspecified atom stereocenters. The fourth-order valence-electron chi connectivity index (χ4n) is 1.94. The third-order valence-corrected chi connectivity index (χ3v) is 3.61. The van der Waals surface area contributed by atoms with Gasteiger partial charge in [0.25, 0.3) is 0 Å². The maximum absolute atomic E-state index is 5.79. The van der Waals surface area contributed by atoms with Gasteiger partial charge in [-0.25, -0.2) is 0 Å². The lowest BCUT2D eigenvalue weighted by atomic mass is 10.1. The van der Waals surface area contributed by atoms with Crippen LogP contribution in [0.1, 0.15) is 52.0 Å². The van der Waals surface area contributed by atoms with E-state index in [9.17, 15) is 0 Å². The topological polar surface area (TPSA) is 21.3 Å². The summed E-state index contributed by atoms with van der Waals surface area (Å²) in [4.78, 5) is 0. The van der Waals surface area contributed by atoms with Gasteiger partial charge in [0, 0.05) is 22.6 Å². The quantitative estimate of drug-likeness (QED) is 0.696. The van der Waals surface area contributed by atoms with Crippen molar-refractivity contribution in [3.8, 4) is 5.75 Å². The van der Waals surface area contributed by atoms with Gasteiger partial charge in [-0.1, -0.05) is 42.6 Å². The molecule has 0 aliphatic carbocycles. The number of hydrogen-bond donors (Lipinski definition) is 1. The molecule has 2 nitrogen and oxygen atoms in total. The molecule has 108 valence electrons. The van der Waals surface area contributed by atoms with Gasteiger partial charge >= 0.3 is 0 Å². The van der Waals surface area contributed by atoms with Gasteiger partial charge in [0.05, 0.1) is 6.61 Å². The largest absolute Gasteiger partial charge is 0.493 e. The molecule has 0 fully saturated rings. The first kappa shape index (κ1) is 16.5. The highest BCUT2D eigenvalue weighted by atomic mass is 79.9. The van der Waals surface area contributed by atoms with Crippen LogP contribution in [-0.4, -0.2) is 12.6 Å². The molecule has 0 saturated heterocycles. The van der Waals surface area contributed by atoms with Crippen molar-refractivity contribution in [2.24, 2.45) is 0 Å². The van der Waals surface area contributed by atoms with E-state index in [0.717, 1.165) is 29.8 Å². The molecule has 3 heteroatoms. The monoisotopic (exact) mass is 327 g/mol. The Balaban J connectivity index is 2.57. The molecular weight excluding hydrogens is 302 g/mol. The molecule has 0 aliphatic rings. The fraction of sp³-hybridized carbons (Fsp3) is 0.625. The Morgan fingerprint density at radius 2 is 2.05 bits per heavy atom. The van der Waals surface area contributed by atoms with Crippen LogP contribution in [0.5, 0.6) is 5.75 Å². The molecule has 19 heavy (non-hydrogen) atoms. The Morgan fingerprint density at radius 3 is 2.74 bits per heavy atom. The molecule has 1 N–H and O–H groups in total. The molecule has 0 aromatic heterocycles. The normalized spacial score (nSPS) is 12.4. The molecule has 1 aromatic carbocycles. The summed E-state index contributed by atoms with van der Waals surface area (Å²) in [6.07, 6.45) is 4.81. The summed E-state index contributed by atoms with van der Waals surface area (Å²) in [6, 6.07) is 6.78. The van der Waals surface area contributed by atoms with E-state index in [2.05, 4.69) is 48.1 Å². The van der Waals surface area contributed by atoms with Crippen molar-refractivity contribution >= 4 is 15.9 Å². The molecule has 0 bridgehead atoms. The van der Waals surface area contributed by atoms with Crippen molar-refractivity contribution in [3.05, 3.63) is 28.2 Å². The van der Waals surface area contributed by atoms with Crippen LogP contribution in [0, 0.1) is 0 Å². The molecule has 1 aromatic rings. The molecule has 0 spiro atoms. The van der Waals surface area contributed by atoms with E-state index >= 15 is 0 Å². The van der Waals surface area contributed by atoms with E-state index in [0.29, 0.717) is 6.04 Å². The van der Waals surface area contributed by atoms with Crippen LogP contribution < -0.4 is 10.1 Å². The van der Waals surface area contributed by atoms with Crippen LogP contribution >= 0.6 is 15.9 Å². The van der Waals surface area contributed by atoms with Crippen LogP contribution in [0.2, 0.25) is 0 Å². The SMILES string of the molecule is CCCCC(C)NCc1cc(Br)ccc1OCCC. The minimum atomic E-state index is 0.554. The Morgan fingerprint density at radius 1 is 1.26 bits per heavy atom. The summed E-state index contributed by atoms with van der Waals surface area (Å²) in [7, 11) is 0. The first-order chi connectivity index (χ1) is 9.17. The zero-order valence-corrected chi connectivity index (χ0v) is 13.9. The Kier molecular flexibility index (Phi) is 8.15. The summed E-state index contributed by atoms with van der Waals surface area (Å²) < 4.78 is 6.90. The molecule has 0 saturated carbocycles. The van der Waals surface area contributed by atoms with E-state index in [1.807, 2.05) is 12.1 Å². The zero-order chi connectivity index (χ0) is 14.1. The summed E-state index contributed by atoms with van der Waals surface area (Å²) in [6.45, 7) is 8.25. The maximum atomic E-state index is 5.79. The Hall–Kier alpha value is -0.540. The standard InChI is InChI=1S/C16H26BrNO/c1-4-6-7-13(3)18-12-14-11-15(17)8-9-16(14)19-10-5-2/h8-9,11,13,18H,4-7,10,12H2,1-3H3. The van der Waals surface area contributed by atoms with E-state index in [-0.39, 0.29) is 0 Å². The van der Waals surface area contributed by atoms with Gasteiger partial charge in [-0.3, -0.25) is 0 Å². The molecular formula is C16H26BrNO. The molecule has 0 amide bonds. The lowest BCUT2D eigenvalue weighted by Crippen LogP contribution is -2.25. The van der Waals surface area contributed by atoms with Crippen LogP contribution in [0.3, 0.4) is 0 Å². The van der Waals surface area contributed by atoms with Crippen molar-refractivity contribution in [1.82, 2.24) is 5.32 Å². The van der Waals surface area contributed by atoms with Crippen LogP contribution in [-0.2, 0) is 6.54 Å².